The Morgan fingerprint density at radius 2 is 1.28 bits per heavy atom. The first-order chi connectivity index (χ1) is 14.3. The standard InChI is InChI=1S/C29H36/c1-2-3-4-5-7-12-26-14-17-28(18-15-26)21-24-29-22-19-27(20-23-29)16-13-25-10-8-6-9-11-25/h4-5,14-15,17-20,22-23,25H,2-3,6-13,16H2,1H3/b5-4+. The first-order valence-electron chi connectivity index (χ1n) is 11.7. The molecule has 0 heteroatoms. The minimum Gasteiger partial charge on any atom is -0.0885 e. The van der Waals surface area contributed by atoms with E-state index in [9.17, 15) is 0 Å². The van der Waals surface area contributed by atoms with Crippen molar-refractivity contribution in [2.75, 3.05) is 0 Å². The van der Waals surface area contributed by atoms with E-state index in [2.05, 4.69) is 79.4 Å². The predicted molar refractivity (Wildman–Crippen MR) is 126 cm³/mol. The molecule has 0 spiro atoms. The van der Waals surface area contributed by atoms with Crippen LogP contribution in [0.1, 0.15) is 87.0 Å². The molecule has 0 unspecified atom stereocenters. The third kappa shape index (κ3) is 7.94. The van der Waals surface area contributed by atoms with Crippen molar-refractivity contribution in [3.05, 3.63) is 82.9 Å². The lowest BCUT2D eigenvalue weighted by molar-refractivity contribution is 0.339. The number of rotatable bonds is 8. The van der Waals surface area contributed by atoms with E-state index < -0.39 is 0 Å². The van der Waals surface area contributed by atoms with Crippen molar-refractivity contribution in [1.29, 1.82) is 0 Å². The van der Waals surface area contributed by atoms with Gasteiger partial charge in [-0.1, -0.05) is 93.7 Å². The highest BCUT2D eigenvalue weighted by atomic mass is 14.2. The van der Waals surface area contributed by atoms with Crippen LogP contribution in [0, 0.1) is 17.8 Å². The molecule has 152 valence electrons. The molecule has 0 amide bonds. The lowest BCUT2D eigenvalue weighted by Crippen LogP contribution is -2.07. The zero-order valence-electron chi connectivity index (χ0n) is 18.1. The molecule has 0 aliphatic heterocycles. The van der Waals surface area contributed by atoms with Gasteiger partial charge < -0.3 is 0 Å². The van der Waals surface area contributed by atoms with Crippen molar-refractivity contribution in [2.24, 2.45) is 5.92 Å². The van der Waals surface area contributed by atoms with E-state index in [0.29, 0.717) is 0 Å². The highest BCUT2D eigenvalue weighted by Gasteiger charge is 2.12. The summed E-state index contributed by atoms with van der Waals surface area (Å²) in [6, 6.07) is 17.6. The van der Waals surface area contributed by atoms with E-state index in [4.69, 9.17) is 0 Å². The van der Waals surface area contributed by atoms with Gasteiger partial charge in [-0.25, -0.2) is 0 Å². The molecule has 0 atom stereocenters. The molecule has 2 aromatic rings. The fourth-order valence-corrected chi connectivity index (χ4v) is 4.15. The van der Waals surface area contributed by atoms with E-state index >= 15 is 0 Å². The molecule has 0 heterocycles. The Hall–Kier alpha value is -2.26. The minimum absolute atomic E-state index is 0.957. The Morgan fingerprint density at radius 1 is 0.724 bits per heavy atom. The fourth-order valence-electron chi connectivity index (χ4n) is 4.15. The maximum Gasteiger partial charge on any atom is 0.0249 e. The van der Waals surface area contributed by atoms with Crippen molar-refractivity contribution in [3.8, 4) is 11.8 Å². The van der Waals surface area contributed by atoms with Gasteiger partial charge in [-0.2, -0.15) is 0 Å². The van der Waals surface area contributed by atoms with Crippen molar-refractivity contribution < 1.29 is 0 Å². The number of allylic oxidation sites excluding steroid dienone is 2. The predicted octanol–water partition coefficient (Wildman–Crippen LogP) is 7.89. The van der Waals surface area contributed by atoms with E-state index in [1.165, 1.54) is 68.9 Å². The average molecular weight is 385 g/mol. The largest absolute Gasteiger partial charge is 0.0885 e. The molecule has 1 aliphatic carbocycles. The Morgan fingerprint density at radius 3 is 1.86 bits per heavy atom. The topological polar surface area (TPSA) is 0 Å². The molecule has 0 radical (unpaired) electrons. The molecular formula is C29H36. The van der Waals surface area contributed by atoms with Crippen LogP contribution in [0.3, 0.4) is 0 Å². The Bertz CT molecular complexity index is 790. The SMILES string of the molecule is CCC/C=C/CCc1ccc(C#Cc2ccc(CCC3CCCCC3)cc2)cc1. The normalized spacial score (nSPS) is 14.7. The molecule has 0 saturated heterocycles. The van der Waals surface area contributed by atoms with Crippen LogP contribution in [-0.4, -0.2) is 0 Å². The van der Waals surface area contributed by atoms with Gasteiger partial charge in [0.15, 0.2) is 0 Å². The van der Waals surface area contributed by atoms with Crippen molar-refractivity contribution >= 4 is 0 Å². The highest BCUT2D eigenvalue weighted by Crippen LogP contribution is 2.27. The van der Waals surface area contributed by atoms with Crippen molar-refractivity contribution in [3.63, 3.8) is 0 Å². The number of aryl methyl sites for hydroxylation is 2. The number of unbranched alkanes of at least 4 members (excludes halogenated alkanes) is 1. The van der Waals surface area contributed by atoms with Gasteiger partial charge in [0.25, 0.3) is 0 Å². The number of hydrogen-bond acceptors (Lipinski definition) is 0. The molecule has 3 rings (SSSR count). The number of benzene rings is 2. The maximum atomic E-state index is 3.32. The summed E-state index contributed by atoms with van der Waals surface area (Å²) in [4.78, 5) is 0. The third-order valence-electron chi connectivity index (χ3n) is 6.05. The van der Waals surface area contributed by atoms with Crippen LogP contribution >= 0.6 is 0 Å². The molecule has 0 nitrogen and oxygen atoms in total. The van der Waals surface area contributed by atoms with Crippen LogP contribution in [0.15, 0.2) is 60.7 Å². The van der Waals surface area contributed by atoms with Gasteiger partial charge in [-0.05, 0) is 73.4 Å². The van der Waals surface area contributed by atoms with Crippen LogP contribution in [0.2, 0.25) is 0 Å². The van der Waals surface area contributed by atoms with E-state index in [1.807, 2.05) is 0 Å². The second-order valence-corrected chi connectivity index (χ2v) is 8.49. The molecule has 0 N–H and O–H groups in total. The van der Waals surface area contributed by atoms with Gasteiger partial charge in [-0.3, -0.25) is 0 Å². The zero-order chi connectivity index (χ0) is 20.2. The van der Waals surface area contributed by atoms with Gasteiger partial charge in [0.05, 0.1) is 0 Å². The maximum absolute atomic E-state index is 3.32. The molecule has 0 bridgehead atoms. The first-order valence-corrected chi connectivity index (χ1v) is 11.7. The molecule has 1 aliphatic rings. The Labute approximate surface area is 178 Å². The summed E-state index contributed by atoms with van der Waals surface area (Å²) < 4.78 is 0. The summed E-state index contributed by atoms with van der Waals surface area (Å²) in [5.41, 5.74) is 5.05. The second kappa shape index (κ2) is 12.3. The van der Waals surface area contributed by atoms with Gasteiger partial charge in [0.2, 0.25) is 0 Å². The van der Waals surface area contributed by atoms with Crippen molar-refractivity contribution in [2.45, 2.75) is 77.6 Å². The van der Waals surface area contributed by atoms with Crippen LogP contribution < -0.4 is 0 Å². The van der Waals surface area contributed by atoms with Crippen LogP contribution in [0.25, 0.3) is 0 Å². The fraction of sp³-hybridized carbons (Fsp3) is 0.448. The smallest absolute Gasteiger partial charge is 0.0249 e. The summed E-state index contributed by atoms with van der Waals surface area (Å²) >= 11 is 0. The molecule has 1 saturated carbocycles. The van der Waals surface area contributed by atoms with E-state index in [-0.39, 0.29) is 0 Å². The molecule has 2 aromatic carbocycles. The van der Waals surface area contributed by atoms with Gasteiger partial charge in [0.1, 0.15) is 0 Å². The highest BCUT2D eigenvalue weighted by molar-refractivity contribution is 5.44. The van der Waals surface area contributed by atoms with Crippen LogP contribution in [-0.2, 0) is 12.8 Å². The molecule has 0 aromatic heterocycles. The quantitative estimate of drug-likeness (QED) is 0.320. The third-order valence-corrected chi connectivity index (χ3v) is 6.05. The first kappa shape index (κ1) is 21.4. The molecule has 29 heavy (non-hydrogen) atoms. The van der Waals surface area contributed by atoms with Gasteiger partial charge >= 0.3 is 0 Å². The summed E-state index contributed by atoms with van der Waals surface area (Å²) in [5, 5.41) is 0. The Kier molecular flexibility index (Phi) is 9.12. The summed E-state index contributed by atoms with van der Waals surface area (Å²) in [5.74, 6) is 7.59. The van der Waals surface area contributed by atoms with Gasteiger partial charge in [-0.15, -0.1) is 0 Å². The van der Waals surface area contributed by atoms with Crippen LogP contribution in [0.4, 0.5) is 0 Å². The monoisotopic (exact) mass is 384 g/mol. The lowest BCUT2D eigenvalue weighted by Gasteiger charge is -2.21. The lowest BCUT2D eigenvalue weighted by atomic mass is 9.85. The van der Waals surface area contributed by atoms with Gasteiger partial charge in [0, 0.05) is 11.1 Å². The molecule has 1 fully saturated rings. The summed E-state index contributed by atoms with van der Waals surface area (Å²) in [6.45, 7) is 2.22. The summed E-state index contributed by atoms with van der Waals surface area (Å²) in [7, 11) is 0. The average Bonchev–Trinajstić information content (AvgIpc) is 2.78. The molecular weight excluding hydrogens is 348 g/mol. The van der Waals surface area contributed by atoms with Crippen molar-refractivity contribution in [1.82, 2.24) is 0 Å². The van der Waals surface area contributed by atoms with E-state index in [1.54, 1.807) is 0 Å². The summed E-state index contributed by atoms with van der Waals surface area (Å²) in [6.07, 6.45) is 19.0. The Balaban J connectivity index is 1.46. The zero-order valence-corrected chi connectivity index (χ0v) is 18.1. The van der Waals surface area contributed by atoms with Crippen LogP contribution in [0.5, 0.6) is 0 Å². The van der Waals surface area contributed by atoms with E-state index in [0.717, 1.165) is 29.9 Å². The minimum atomic E-state index is 0.957. The number of hydrogen-bond donors (Lipinski definition) is 0. The second-order valence-electron chi connectivity index (χ2n) is 8.49.